The zero-order chi connectivity index (χ0) is 16.2. The number of tetrazole rings is 1. The third-order valence-electron chi connectivity index (χ3n) is 3.31. The van der Waals surface area contributed by atoms with Gasteiger partial charge in [0.1, 0.15) is 0 Å². The lowest BCUT2D eigenvalue weighted by atomic mass is 10.2. The van der Waals surface area contributed by atoms with Gasteiger partial charge in [-0.3, -0.25) is 0 Å². The van der Waals surface area contributed by atoms with E-state index >= 15 is 0 Å². The maximum atomic E-state index is 12.1. The first-order valence-electron chi connectivity index (χ1n) is 7.09. The highest BCUT2D eigenvalue weighted by Crippen LogP contribution is 2.19. The van der Waals surface area contributed by atoms with Crippen LogP contribution in [0.1, 0.15) is 5.56 Å². The Balaban J connectivity index is 1.71. The third kappa shape index (κ3) is 3.52. The molecule has 2 N–H and O–H groups in total. The van der Waals surface area contributed by atoms with Crippen molar-refractivity contribution < 1.29 is 4.79 Å². The fourth-order valence-electron chi connectivity index (χ4n) is 2.14. The van der Waals surface area contributed by atoms with Gasteiger partial charge >= 0.3 is 6.03 Å². The number of carbonyl (C=O) groups excluding carboxylic acids is 1. The molecular formula is C16H16N6O. The van der Waals surface area contributed by atoms with Gasteiger partial charge in [0.2, 0.25) is 0 Å². The lowest BCUT2D eigenvalue weighted by molar-refractivity contribution is 0.262. The number of hydrogen-bond acceptors (Lipinski definition) is 4. The minimum Gasteiger partial charge on any atom is -0.308 e. The van der Waals surface area contributed by atoms with Crippen LogP contribution in [0.5, 0.6) is 0 Å². The van der Waals surface area contributed by atoms with E-state index in [0.29, 0.717) is 11.5 Å². The van der Waals surface area contributed by atoms with Gasteiger partial charge in [-0.05, 0) is 41.6 Å². The minimum absolute atomic E-state index is 0.304. The number of benzene rings is 2. The number of urea groups is 1. The fraction of sp³-hybridized carbons (Fsp3) is 0.125. The van der Waals surface area contributed by atoms with Gasteiger partial charge in [-0.2, -0.15) is 0 Å². The molecule has 3 rings (SSSR count). The number of carbonyl (C=O) groups is 1. The van der Waals surface area contributed by atoms with Crippen molar-refractivity contribution in [1.29, 1.82) is 0 Å². The molecule has 0 unspecified atom stereocenters. The van der Waals surface area contributed by atoms with Crippen LogP contribution in [0.3, 0.4) is 0 Å². The SMILES string of the molecule is Cc1ccc(NC(=O)Nc2cccc(-c3nnnn3C)c2)cc1. The summed E-state index contributed by atoms with van der Waals surface area (Å²) in [6.45, 7) is 2.00. The lowest BCUT2D eigenvalue weighted by Crippen LogP contribution is -2.19. The number of aryl methyl sites for hydroxylation is 2. The molecule has 1 aromatic heterocycles. The van der Waals surface area contributed by atoms with Crippen LogP contribution in [-0.2, 0) is 7.05 Å². The summed E-state index contributed by atoms with van der Waals surface area (Å²) < 4.78 is 1.57. The molecule has 0 aliphatic heterocycles. The van der Waals surface area contributed by atoms with E-state index in [-0.39, 0.29) is 6.03 Å². The molecule has 0 saturated carbocycles. The molecular weight excluding hydrogens is 292 g/mol. The molecule has 23 heavy (non-hydrogen) atoms. The number of aromatic nitrogens is 4. The summed E-state index contributed by atoms with van der Waals surface area (Å²) in [5.74, 6) is 0.632. The molecule has 2 amide bonds. The van der Waals surface area contributed by atoms with Gasteiger partial charge in [-0.15, -0.1) is 5.10 Å². The first-order chi connectivity index (χ1) is 11.1. The Morgan fingerprint density at radius 1 is 1.04 bits per heavy atom. The Morgan fingerprint density at radius 3 is 2.48 bits per heavy atom. The van der Waals surface area contributed by atoms with E-state index in [0.717, 1.165) is 16.8 Å². The van der Waals surface area contributed by atoms with Crippen LogP contribution in [-0.4, -0.2) is 26.2 Å². The maximum absolute atomic E-state index is 12.1. The number of nitrogens with zero attached hydrogens (tertiary/aromatic N) is 4. The Kier molecular flexibility index (Phi) is 4.01. The lowest BCUT2D eigenvalue weighted by Gasteiger charge is -2.09. The summed E-state index contributed by atoms with van der Waals surface area (Å²) in [6, 6.07) is 14.6. The van der Waals surface area contributed by atoms with Gasteiger partial charge in [0, 0.05) is 24.0 Å². The summed E-state index contributed by atoms with van der Waals surface area (Å²) in [4.78, 5) is 12.1. The highest BCUT2D eigenvalue weighted by atomic mass is 16.2. The molecule has 0 spiro atoms. The number of amides is 2. The monoisotopic (exact) mass is 308 g/mol. The molecule has 2 aromatic carbocycles. The second-order valence-corrected chi connectivity index (χ2v) is 5.15. The van der Waals surface area contributed by atoms with Gasteiger partial charge in [0.05, 0.1) is 0 Å². The Labute approximate surface area is 133 Å². The van der Waals surface area contributed by atoms with Crippen LogP contribution in [0.25, 0.3) is 11.4 Å². The van der Waals surface area contributed by atoms with Crippen LogP contribution in [0.15, 0.2) is 48.5 Å². The van der Waals surface area contributed by atoms with Crippen molar-refractivity contribution in [2.24, 2.45) is 7.05 Å². The zero-order valence-corrected chi connectivity index (χ0v) is 12.8. The van der Waals surface area contributed by atoms with Crippen LogP contribution < -0.4 is 10.6 Å². The quantitative estimate of drug-likeness (QED) is 0.779. The van der Waals surface area contributed by atoms with E-state index in [4.69, 9.17) is 0 Å². The first-order valence-corrected chi connectivity index (χ1v) is 7.09. The van der Waals surface area contributed by atoms with Crippen molar-refractivity contribution in [3.63, 3.8) is 0 Å². The smallest absolute Gasteiger partial charge is 0.308 e. The number of hydrogen-bond donors (Lipinski definition) is 2. The second kappa shape index (κ2) is 6.27. The highest BCUT2D eigenvalue weighted by Gasteiger charge is 2.08. The Bertz CT molecular complexity index is 825. The summed E-state index contributed by atoms with van der Waals surface area (Å²) in [5, 5.41) is 17.0. The molecule has 0 fully saturated rings. The minimum atomic E-state index is -0.304. The van der Waals surface area contributed by atoms with Crippen LogP contribution >= 0.6 is 0 Å². The fourth-order valence-corrected chi connectivity index (χ4v) is 2.14. The standard InChI is InChI=1S/C16H16N6O/c1-11-6-8-13(9-7-11)17-16(23)18-14-5-3-4-12(10-14)15-19-20-21-22(15)2/h3-10H,1-2H3,(H2,17,18,23). The van der Waals surface area contributed by atoms with Crippen LogP contribution in [0.4, 0.5) is 16.2 Å². The van der Waals surface area contributed by atoms with Gasteiger partial charge < -0.3 is 10.6 Å². The second-order valence-electron chi connectivity index (χ2n) is 5.15. The Morgan fingerprint density at radius 2 is 1.78 bits per heavy atom. The van der Waals surface area contributed by atoms with Crippen molar-refractivity contribution in [2.75, 3.05) is 10.6 Å². The average molecular weight is 308 g/mol. The van der Waals surface area contributed by atoms with Crippen molar-refractivity contribution in [3.05, 3.63) is 54.1 Å². The molecule has 7 nitrogen and oxygen atoms in total. The van der Waals surface area contributed by atoms with E-state index < -0.39 is 0 Å². The number of anilines is 2. The van der Waals surface area contributed by atoms with Crippen molar-refractivity contribution in [2.45, 2.75) is 6.92 Å². The van der Waals surface area contributed by atoms with Gasteiger partial charge in [-0.25, -0.2) is 9.48 Å². The highest BCUT2D eigenvalue weighted by molar-refractivity contribution is 6.00. The largest absolute Gasteiger partial charge is 0.323 e. The van der Waals surface area contributed by atoms with Gasteiger partial charge in [0.15, 0.2) is 5.82 Å². The van der Waals surface area contributed by atoms with E-state index in [1.165, 1.54) is 0 Å². The summed E-state index contributed by atoms with van der Waals surface area (Å²) in [7, 11) is 1.76. The van der Waals surface area contributed by atoms with Gasteiger partial charge in [-0.1, -0.05) is 29.8 Å². The molecule has 1 heterocycles. The predicted octanol–water partition coefficient (Wildman–Crippen LogP) is 2.83. The van der Waals surface area contributed by atoms with E-state index in [1.807, 2.05) is 55.5 Å². The molecule has 0 atom stereocenters. The first kappa shape index (κ1) is 14.7. The molecule has 7 heteroatoms. The van der Waals surface area contributed by atoms with E-state index in [1.54, 1.807) is 11.7 Å². The number of nitrogens with one attached hydrogen (secondary N) is 2. The molecule has 0 saturated heterocycles. The van der Waals surface area contributed by atoms with Crippen molar-refractivity contribution >= 4 is 17.4 Å². The molecule has 0 aliphatic carbocycles. The van der Waals surface area contributed by atoms with E-state index in [2.05, 4.69) is 26.2 Å². The average Bonchev–Trinajstić information content (AvgIpc) is 2.96. The third-order valence-corrected chi connectivity index (χ3v) is 3.31. The van der Waals surface area contributed by atoms with Crippen molar-refractivity contribution in [3.8, 4) is 11.4 Å². The summed E-state index contributed by atoms with van der Waals surface area (Å²) in [5.41, 5.74) is 3.36. The summed E-state index contributed by atoms with van der Waals surface area (Å²) >= 11 is 0. The van der Waals surface area contributed by atoms with Crippen molar-refractivity contribution in [1.82, 2.24) is 20.2 Å². The topological polar surface area (TPSA) is 84.7 Å². The molecule has 116 valence electrons. The normalized spacial score (nSPS) is 10.3. The maximum Gasteiger partial charge on any atom is 0.323 e. The predicted molar refractivity (Wildman–Crippen MR) is 88.1 cm³/mol. The number of rotatable bonds is 3. The Hall–Kier alpha value is -3.22. The molecule has 3 aromatic rings. The molecule has 0 radical (unpaired) electrons. The van der Waals surface area contributed by atoms with Gasteiger partial charge in [0.25, 0.3) is 0 Å². The molecule has 0 aliphatic rings. The summed E-state index contributed by atoms with van der Waals surface area (Å²) in [6.07, 6.45) is 0. The van der Waals surface area contributed by atoms with Crippen LogP contribution in [0, 0.1) is 6.92 Å². The zero-order valence-electron chi connectivity index (χ0n) is 12.8. The van der Waals surface area contributed by atoms with E-state index in [9.17, 15) is 4.79 Å². The molecule has 0 bridgehead atoms. The van der Waals surface area contributed by atoms with Crippen LogP contribution in [0.2, 0.25) is 0 Å².